The van der Waals surface area contributed by atoms with Crippen LogP contribution in [0.3, 0.4) is 0 Å². The van der Waals surface area contributed by atoms with E-state index in [1.807, 2.05) is 0 Å². The van der Waals surface area contributed by atoms with Crippen LogP contribution in [-0.2, 0) is 9.59 Å². The van der Waals surface area contributed by atoms with Gasteiger partial charge < -0.3 is 15.5 Å². The van der Waals surface area contributed by atoms with Crippen molar-refractivity contribution >= 4 is 24.2 Å². The molecule has 0 aromatic carbocycles. The first-order chi connectivity index (χ1) is 13.7. The first-order valence-corrected chi connectivity index (χ1v) is 11.7. The van der Waals surface area contributed by atoms with E-state index in [1.165, 1.54) is 25.7 Å². The van der Waals surface area contributed by atoms with Gasteiger partial charge in [0.25, 0.3) is 0 Å². The Bertz CT molecular complexity index is 541. The molecule has 7 heteroatoms. The summed E-state index contributed by atoms with van der Waals surface area (Å²) in [4.78, 5) is 30.0. The predicted octanol–water partition coefficient (Wildman–Crippen LogP) is 2.17. The number of carbonyl (C=O) groups is 2. The van der Waals surface area contributed by atoms with Crippen molar-refractivity contribution in [3.05, 3.63) is 0 Å². The van der Waals surface area contributed by atoms with Crippen LogP contribution in [0, 0.1) is 11.8 Å². The van der Waals surface area contributed by atoms with Crippen LogP contribution < -0.4 is 10.6 Å². The Kier molecular flexibility index (Phi) is 8.63. The zero-order valence-electron chi connectivity index (χ0n) is 17.7. The molecule has 2 heterocycles. The summed E-state index contributed by atoms with van der Waals surface area (Å²) in [5.74, 6) is 1.38. The molecule has 4 aliphatic rings. The molecule has 2 aliphatic carbocycles. The van der Waals surface area contributed by atoms with Crippen LogP contribution in [0.1, 0.15) is 64.2 Å². The van der Waals surface area contributed by atoms with Gasteiger partial charge in [-0.05, 0) is 50.9 Å². The lowest BCUT2D eigenvalue weighted by Crippen LogP contribution is -2.49. The average Bonchev–Trinajstić information content (AvgIpc) is 3.41. The second kappa shape index (κ2) is 11.0. The summed E-state index contributed by atoms with van der Waals surface area (Å²) in [6.07, 6.45) is 10.6. The lowest BCUT2D eigenvalue weighted by Gasteiger charge is -2.33. The van der Waals surface area contributed by atoms with Crippen LogP contribution in [0.4, 0.5) is 0 Å². The molecule has 4 rings (SSSR count). The molecule has 0 aromatic heterocycles. The minimum Gasteiger partial charge on any atom is -0.353 e. The summed E-state index contributed by atoms with van der Waals surface area (Å²) in [6.45, 7) is 6.20. The molecule has 0 spiro atoms. The third-order valence-corrected chi connectivity index (χ3v) is 7.53. The number of nitrogens with one attached hydrogen (secondary N) is 2. The quantitative estimate of drug-likeness (QED) is 0.707. The lowest BCUT2D eigenvalue weighted by atomic mass is 9.85. The van der Waals surface area contributed by atoms with E-state index in [4.69, 9.17) is 0 Å². The molecular formula is C22H39ClN4O2. The number of hydrogen-bond acceptors (Lipinski definition) is 4. The van der Waals surface area contributed by atoms with E-state index in [2.05, 4.69) is 20.4 Å². The Morgan fingerprint density at radius 3 is 2.28 bits per heavy atom. The molecular weight excluding hydrogens is 388 g/mol. The van der Waals surface area contributed by atoms with Crippen LogP contribution >= 0.6 is 12.4 Å². The van der Waals surface area contributed by atoms with Crippen molar-refractivity contribution in [2.45, 2.75) is 76.3 Å². The summed E-state index contributed by atoms with van der Waals surface area (Å²) in [5, 5.41) is 6.66. The van der Waals surface area contributed by atoms with E-state index >= 15 is 0 Å². The summed E-state index contributed by atoms with van der Waals surface area (Å²) in [6, 6.07) is 0.836. The standard InChI is InChI=1S/C22H38N4O2.ClH/c27-21(15-17-3-1-2-4-17)24-19-7-5-18(6-8-19)22(28)26-12-9-20(16-26)25-13-10-23-11-14-25;/h17-20,23H,1-16H2,(H,24,27);1H. The SMILES string of the molecule is Cl.O=C(CC1CCCC1)NC1CCC(C(=O)N2CCC(N3CCNCC3)C2)CC1. The van der Waals surface area contributed by atoms with Gasteiger partial charge in [0.2, 0.25) is 11.8 Å². The molecule has 0 bridgehead atoms. The van der Waals surface area contributed by atoms with Gasteiger partial charge in [-0.25, -0.2) is 0 Å². The molecule has 1 unspecified atom stereocenters. The molecule has 1 atom stereocenters. The monoisotopic (exact) mass is 426 g/mol. The molecule has 0 radical (unpaired) electrons. The fourth-order valence-corrected chi connectivity index (χ4v) is 5.79. The van der Waals surface area contributed by atoms with Crippen LogP contribution in [-0.4, -0.2) is 73.0 Å². The number of amides is 2. The second-order valence-corrected chi connectivity index (χ2v) is 9.48. The van der Waals surface area contributed by atoms with E-state index in [-0.39, 0.29) is 30.3 Å². The number of likely N-dealkylation sites (tertiary alicyclic amines) is 1. The van der Waals surface area contributed by atoms with Crippen molar-refractivity contribution in [2.75, 3.05) is 39.3 Å². The van der Waals surface area contributed by atoms with E-state index in [1.54, 1.807) is 0 Å². The molecule has 2 saturated heterocycles. The number of halogens is 1. The largest absolute Gasteiger partial charge is 0.353 e. The van der Waals surface area contributed by atoms with Crippen LogP contribution in [0.25, 0.3) is 0 Å². The predicted molar refractivity (Wildman–Crippen MR) is 117 cm³/mol. The second-order valence-electron chi connectivity index (χ2n) is 9.48. The number of hydrogen-bond donors (Lipinski definition) is 2. The smallest absolute Gasteiger partial charge is 0.225 e. The Morgan fingerprint density at radius 2 is 1.59 bits per heavy atom. The van der Waals surface area contributed by atoms with Crippen LogP contribution in [0.15, 0.2) is 0 Å². The third-order valence-electron chi connectivity index (χ3n) is 7.53. The van der Waals surface area contributed by atoms with E-state index < -0.39 is 0 Å². The molecule has 2 amide bonds. The van der Waals surface area contributed by atoms with E-state index in [0.29, 0.717) is 24.3 Å². The topological polar surface area (TPSA) is 64.7 Å². The molecule has 6 nitrogen and oxygen atoms in total. The fourth-order valence-electron chi connectivity index (χ4n) is 5.79. The Hall–Kier alpha value is -0.850. The zero-order chi connectivity index (χ0) is 19.3. The first-order valence-electron chi connectivity index (χ1n) is 11.7. The molecule has 2 N–H and O–H groups in total. The summed E-state index contributed by atoms with van der Waals surface area (Å²) in [7, 11) is 0. The molecule has 0 aromatic rings. The normalized spacial score (nSPS) is 31.4. The molecule has 2 saturated carbocycles. The minimum absolute atomic E-state index is 0. The van der Waals surface area contributed by atoms with Crippen molar-refractivity contribution in [3.63, 3.8) is 0 Å². The van der Waals surface area contributed by atoms with Crippen molar-refractivity contribution in [1.29, 1.82) is 0 Å². The first kappa shape index (κ1) is 22.8. The maximum absolute atomic E-state index is 13.0. The van der Waals surface area contributed by atoms with Gasteiger partial charge in [-0.1, -0.05) is 12.8 Å². The molecule has 166 valence electrons. The van der Waals surface area contributed by atoms with Gasteiger partial charge in [-0.3, -0.25) is 14.5 Å². The van der Waals surface area contributed by atoms with Gasteiger partial charge >= 0.3 is 0 Å². The molecule has 4 fully saturated rings. The van der Waals surface area contributed by atoms with Crippen molar-refractivity contribution in [3.8, 4) is 0 Å². The van der Waals surface area contributed by atoms with Crippen LogP contribution in [0.2, 0.25) is 0 Å². The van der Waals surface area contributed by atoms with Crippen molar-refractivity contribution in [1.82, 2.24) is 20.4 Å². The number of piperazine rings is 1. The zero-order valence-corrected chi connectivity index (χ0v) is 18.6. The van der Waals surface area contributed by atoms with Crippen LogP contribution in [0.5, 0.6) is 0 Å². The Balaban J connectivity index is 0.00000240. The van der Waals surface area contributed by atoms with Gasteiger partial charge in [-0.15, -0.1) is 12.4 Å². The summed E-state index contributed by atoms with van der Waals surface area (Å²) >= 11 is 0. The average molecular weight is 427 g/mol. The van der Waals surface area contributed by atoms with Gasteiger partial charge in [0.05, 0.1) is 0 Å². The summed E-state index contributed by atoms with van der Waals surface area (Å²) in [5.41, 5.74) is 0. The lowest BCUT2D eigenvalue weighted by molar-refractivity contribution is -0.135. The number of rotatable bonds is 5. The maximum Gasteiger partial charge on any atom is 0.225 e. The third kappa shape index (κ3) is 6.08. The van der Waals surface area contributed by atoms with Gasteiger partial charge in [0.15, 0.2) is 0 Å². The van der Waals surface area contributed by atoms with Gasteiger partial charge in [0, 0.05) is 63.7 Å². The van der Waals surface area contributed by atoms with Gasteiger partial charge in [0.1, 0.15) is 0 Å². The Labute approximate surface area is 181 Å². The Morgan fingerprint density at radius 1 is 0.897 bits per heavy atom. The highest BCUT2D eigenvalue weighted by molar-refractivity contribution is 5.85. The van der Waals surface area contributed by atoms with E-state index in [0.717, 1.165) is 71.4 Å². The molecule has 29 heavy (non-hydrogen) atoms. The number of nitrogens with zero attached hydrogens (tertiary/aromatic N) is 2. The molecule has 2 aliphatic heterocycles. The maximum atomic E-state index is 13.0. The minimum atomic E-state index is 0. The van der Waals surface area contributed by atoms with Crippen molar-refractivity contribution < 1.29 is 9.59 Å². The highest BCUT2D eigenvalue weighted by atomic mass is 35.5. The summed E-state index contributed by atoms with van der Waals surface area (Å²) < 4.78 is 0. The van der Waals surface area contributed by atoms with Crippen molar-refractivity contribution in [2.24, 2.45) is 11.8 Å². The fraction of sp³-hybridized carbons (Fsp3) is 0.909. The number of carbonyl (C=O) groups excluding carboxylic acids is 2. The highest BCUT2D eigenvalue weighted by Gasteiger charge is 2.35. The van der Waals surface area contributed by atoms with Gasteiger partial charge in [-0.2, -0.15) is 0 Å². The highest BCUT2D eigenvalue weighted by Crippen LogP contribution is 2.30. The van der Waals surface area contributed by atoms with E-state index in [9.17, 15) is 9.59 Å².